The molecule has 3 heterocycles. The maximum Gasteiger partial charge on any atom is 0.167 e. The van der Waals surface area contributed by atoms with Crippen molar-refractivity contribution in [3.63, 3.8) is 0 Å². The van der Waals surface area contributed by atoms with Gasteiger partial charge in [-0.3, -0.25) is 0 Å². The smallest absolute Gasteiger partial charge is 0.167 e. The number of aromatic nitrogens is 3. The normalized spacial score (nSPS) is 14.4. The van der Waals surface area contributed by atoms with E-state index >= 15 is 0 Å². The Hall–Kier alpha value is -6.85. The summed E-state index contributed by atoms with van der Waals surface area (Å²) in [5, 5.41) is 7.89. The molecule has 244 valence electrons. The third-order valence-electron chi connectivity index (χ3n) is 10.5. The zero-order valence-corrected chi connectivity index (χ0v) is 28.0. The largest absolute Gasteiger partial charge is 0.456 e. The van der Waals surface area contributed by atoms with Crippen molar-refractivity contribution >= 4 is 66.1 Å². The molecule has 1 aliphatic carbocycles. The van der Waals surface area contributed by atoms with Gasteiger partial charge in [0.25, 0.3) is 0 Å². The molecule has 7 aromatic carbocycles. The lowest BCUT2D eigenvalue weighted by Crippen LogP contribution is -2.10. The maximum absolute atomic E-state index is 6.66. The molecule has 1 atom stereocenters. The summed E-state index contributed by atoms with van der Waals surface area (Å²) in [7, 11) is 0. The summed E-state index contributed by atoms with van der Waals surface area (Å²) in [5.74, 6) is 2.71. The molecule has 3 aromatic heterocycles. The molecule has 0 N–H and O–H groups in total. The van der Waals surface area contributed by atoms with Crippen molar-refractivity contribution in [1.29, 1.82) is 0 Å². The fourth-order valence-corrected chi connectivity index (χ4v) is 8.06. The second kappa shape index (κ2) is 11.3. The van der Waals surface area contributed by atoms with Crippen molar-refractivity contribution in [3.8, 4) is 22.8 Å². The van der Waals surface area contributed by atoms with Crippen LogP contribution in [0.5, 0.6) is 0 Å². The molecule has 0 radical (unpaired) electrons. The zero-order chi connectivity index (χ0) is 34.2. The minimum atomic E-state index is 0.0660. The van der Waals surface area contributed by atoms with E-state index in [2.05, 4.69) is 146 Å². The van der Waals surface area contributed by atoms with Gasteiger partial charge >= 0.3 is 0 Å². The number of nitrogens with zero attached hydrogens (tertiary/aromatic N) is 3. The molecule has 11 rings (SSSR count). The van der Waals surface area contributed by atoms with E-state index in [1.54, 1.807) is 0 Å². The van der Waals surface area contributed by atoms with Crippen LogP contribution in [0.2, 0.25) is 0 Å². The molecule has 1 unspecified atom stereocenters. The number of hydrogen-bond acceptors (Lipinski definition) is 5. The standard InChI is InChI=1S/C47H29N3O2/c1-2-12-29(13-3-1)38-26-33(27-41-43(38)35-17-8-9-20-39(35)51-41)46-48-45(32-22-21-28-11-4-5-15-31(28)25-32)49-47(50-46)37-19-10-18-36-42-34-16-7-6-14-30(34)23-24-40(42)52-44(36)37/h1-25,27,38H,26H2. The van der Waals surface area contributed by atoms with Crippen LogP contribution >= 0.6 is 0 Å². The van der Waals surface area contributed by atoms with Crippen LogP contribution < -0.4 is 0 Å². The lowest BCUT2D eigenvalue weighted by molar-refractivity contribution is 0.590. The Kier molecular flexibility index (Phi) is 6.31. The highest BCUT2D eigenvalue weighted by atomic mass is 16.3. The molecule has 0 saturated heterocycles. The number of furan rings is 2. The summed E-state index contributed by atoms with van der Waals surface area (Å²) in [4.78, 5) is 15.7. The number of allylic oxidation sites excluding steroid dienone is 1. The number of fused-ring (bicyclic) bond motifs is 9. The Balaban J connectivity index is 1.16. The predicted octanol–water partition coefficient (Wildman–Crippen LogP) is 12.2. The van der Waals surface area contributed by atoms with E-state index < -0.39 is 0 Å². The van der Waals surface area contributed by atoms with Gasteiger partial charge in [0.15, 0.2) is 17.5 Å². The summed E-state index contributed by atoms with van der Waals surface area (Å²) in [5.41, 5.74) is 7.64. The van der Waals surface area contributed by atoms with Crippen LogP contribution in [0.3, 0.4) is 0 Å². The van der Waals surface area contributed by atoms with Crippen molar-refractivity contribution < 1.29 is 8.83 Å². The lowest BCUT2D eigenvalue weighted by Gasteiger charge is -2.23. The molecular weight excluding hydrogens is 639 g/mol. The maximum atomic E-state index is 6.66. The van der Waals surface area contributed by atoms with Gasteiger partial charge in [-0.05, 0) is 63.9 Å². The van der Waals surface area contributed by atoms with Gasteiger partial charge in [0, 0.05) is 38.8 Å². The molecule has 0 aliphatic heterocycles. The molecule has 5 nitrogen and oxygen atoms in total. The summed E-state index contributed by atoms with van der Waals surface area (Å²) in [6.45, 7) is 0. The highest BCUT2D eigenvalue weighted by molar-refractivity contribution is 6.20. The van der Waals surface area contributed by atoms with E-state index in [1.807, 2.05) is 12.1 Å². The van der Waals surface area contributed by atoms with Crippen LogP contribution in [0.15, 0.2) is 160 Å². The minimum absolute atomic E-state index is 0.0660. The van der Waals surface area contributed by atoms with Crippen molar-refractivity contribution in [1.82, 2.24) is 15.0 Å². The van der Waals surface area contributed by atoms with Gasteiger partial charge in [-0.25, -0.2) is 15.0 Å². The van der Waals surface area contributed by atoms with Crippen LogP contribution in [-0.4, -0.2) is 15.0 Å². The van der Waals surface area contributed by atoms with Crippen molar-refractivity contribution in [2.45, 2.75) is 12.3 Å². The Labute approximate surface area is 298 Å². The molecule has 10 aromatic rings. The van der Waals surface area contributed by atoms with Gasteiger partial charge in [0.05, 0.1) is 5.56 Å². The fraction of sp³-hybridized carbons (Fsp3) is 0.0426. The molecule has 5 heteroatoms. The molecular formula is C47H29N3O2. The van der Waals surface area contributed by atoms with E-state index in [0.29, 0.717) is 23.9 Å². The first-order valence-electron chi connectivity index (χ1n) is 17.6. The second-order valence-electron chi connectivity index (χ2n) is 13.5. The monoisotopic (exact) mass is 667 g/mol. The van der Waals surface area contributed by atoms with E-state index in [4.69, 9.17) is 23.8 Å². The van der Waals surface area contributed by atoms with Crippen LogP contribution in [0.25, 0.3) is 88.9 Å². The molecule has 52 heavy (non-hydrogen) atoms. The predicted molar refractivity (Wildman–Crippen MR) is 210 cm³/mol. The Morgan fingerprint density at radius 1 is 0.500 bits per heavy atom. The van der Waals surface area contributed by atoms with Gasteiger partial charge in [0.2, 0.25) is 0 Å². The fourth-order valence-electron chi connectivity index (χ4n) is 8.06. The van der Waals surface area contributed by atoms with Gasteiger partial charge in [-0.2, -0.15) is 0 Å². The van der Waals surface area contributed by atoms with Gasteiger partial charge in [0.1, 0.15) is 22.5 Å². The number of benzene rings is 7. The second-order valence-corrected chi connectivity index (χ2v) is 13.5. The number of hydrogen-bond donors (Lipinski definition) is 0. The zero-order valence-electron chi connectivity index (χ0n) is 28.0. The number of rotatable bonds is 4. The molecule has 0 saturated carbocycles. The van der Waals surface area contributed by atoms with Crippen molar-refractivity contribution in [2.24, 2.45) is 0 Å². The molecule has 0 fully saturated rings. The highest BCUT2D eigenvalue weighted by Gasteiger charge is 2.30. The highest BCUT2D eigenvalue weighted by Crippen LogP contribution is 2.46. The van der Waals surface area contributed by atoms with Crippen molar-refractivity contribution in [3.05, 3.63) is 174 Å². The average Bonchev–Trinajstić information content (AvgIpc) is 3.79. The van der Waals surface area contributed by atoms with Crippen LogP contribution in [-0.2, 0) is 0 Å². The van der Waals surface area contributed by atoms with Crippen molar-refractivity contribution in [2.75, 3.05) is 0 Å². The van der Waals surface area contributed by atoms with Crippen LogP contribution in [0.1, 0.15) is 35.1 Å². The SMILES string of the molecule is C1=C(c2nc(-c3ccc4ccccc4c3)nc(-c3cccc4c3oc3ccc5ccccc5c34)n2)CC(c2ccccc2)c2c1oc1ccccc21. The van der Waals surface area contributed by atoms with E-state index in [-0.39, 0.29) is 5.92 Å². The van der Waals surface area contributed by atoms with Gasteiger partial charge in [-0.15, -0.1) is 0 Å². The lowest BCUT2D eigenvalue weighted by atomic mass is 9.80. The summed E-state index contributed by atoms with van der Waals surface area (Å²) >= 11 is 0. The summed E-state index contributed by atoms with van der Waals surface area (Å²) < 4.78 is 13.2. The Bertz CT molecular complexity index is 3060. The molecule has 0 spiro atoms. The first kappa shape index (κ1) is 28.9. The average molecular weight is 668 g/mol. The quantitative estimate of drug-likeness (QED) is 0.187. The van der Waals surface area contributed by atoms with E-state index in [9.17, 15) is 0 Å². The Morgan fingerprint density at radius 2 is 1.21 bits per heavy atom. The van der Waals surface area contributed by atoms with Gasteiger partial charge in [-0.1, -0.05) is 127 Å². The third-order valence-corrected chi connectivity index (χ3v) is 10.5. The molecule has 0 amide bonds. The van der Waals surface area contributed by atoms with E-state index in [1.165, 1.54) is 16.5 Å². The minimum Gasteiger partial charge on any atom is -0.456 e. The Morgan fingerprint density at radius 3 is 2.12 bits per heavy atom. The molecule has 0 bridgehead atoms. The van der Waals surface area contributed by atoms with Crippen LogP contribution in [0.4, 0.5) is 0 Å². The topological polar surface area (TPSA) is 65.0 Å². The van der Waals surface area contributed by atoms with Crippen LogP contribution in [0, 0.1) is 0 Å². The molecule has 1 aliphatic rings. The third kappa shape index (κ3) is 4.53. The summed E-state index contributed by atoms with van der Waals surface area (Å²) in [6.07, 6.45) is 2.84. The van der Waals surface area contributed by atoms with E-state index in [0.717, 1.165) is 71.5 Å². The number of para-hydroxylation sites is 2. The first-order valence-corrected chi connectivity index (χ1v) is 17.6. The summed E-state index contributed by atoms with van der Waals surface area (Å²) in [6, 6.07) is 52.6. The van der Waals surface area contributed by atoms with Gasteiger partial charge < -0.3 is 8.83 Å². The first-order chi connectivity index (χ1) is 25.7.